The highest BCUT2D eigenvalue weighted by molar-refractivity contribution is 6.32. The minimum atomic E-state index is -2.45. The van der Waals surface area contributed by atoms with E-state index in [0.29, 0.717) is 0 Å². The second-order valence-corrected chi connectivity index (χ2v) is 8.68. The van der Waals surface area contributed by atoms with Crippen molar-refractivity contribution in [1.29, 1.82) is 0 Å². The van der Waals surface area contributed by atoms with Crippen molar-refractivity contribution >= 4 is 53.9 Å². The molecule has 0 nitrogen and oxygen atoms in total. The Morgan fingerprint density at radius 3 is 0.737 bits per heavy atom. The molecule has 188 valence electrons. The molecule has 0 atom stereocenters. The van der Waals surface area contributed by atoms with Crippen LogP contribution >= 0.6 is 0 Å². The summed E-state index contributed by atoms with van der Waals surface area (Å²) in [5, 5.41) is 7.22. The maximum absolute atomic E-state index is 13.1. The fourth-order valence-electron chi connectivity index (χ4n) is 5.04. The van der Waals surface area contributed by atoms with E-state index < -0.39 is 57.3 Å². The van der Waals surface area contributed by atoms with Crippen LogP contribution in [0.2, 0.25) is 0 Å². The van der Waals surface area contributed by atoms with Gasteiger partial charge >= 0.3 is 0 Å². The van der Waals surface area contributed by atoms with Crippen molar-refractivity contribution in [3.63, 3.8) is 0 Å². The molecule has 0 aliphatic carbocycles. The fraction of sp³-hybridized carbons (Fsp3) is 0. The molecule has 38 heavy (non-hydrogen) atoms. The molecule has 7 rings (SSSR count). The minimum absolute atomic E-state index is 1.33. The first kappa shape index (κ1) is 23.9. The zero-order valence-electron chi connectivity index (χ0n) is 19.0. The van der Waals surface area contributed by atoms with E-state index in [2.05, 4.69) is 72.8 Å². The number of rotatable bonds is 0. The molecular formula is C30H12F8. The predicted octanol–water partition coefficient (Wildman–Crippen LogP) is 9.69. The van der Waals surface area contributed by atoms with Gasteiger partial charge in [-0.05, 0) is 43.1 Å². The molecule has 0 aromatic heterocycles. The van der Waals surface area contributed by atoms with Gasteiger partial charge in [-0.3, -0.25) is 0 Å². The molecule has 0 aliphatic rings. The lowest BCUT2D eigenvalue weighted by atomic mass is 9.90. The smallest absolute Gasteiger partial charge is 0.198 e. The van der Waals surface area contributed by atoms with Gasteiger partial charge in [0.2, 0.25) is 0 Å². The van der Waals surface area contributed by atoms with Gasteiger partial charge in [-0.15, -0.1) is 0 Å². The predicted molar refractivity (Wildman–Crippen MR) is 131 cm³/mol. The van der Waals surface area contributed by atoms with E-state index in [-0.39, 0.29) is 0 Å². The quantitative estimate of drug-likeness (QED) is 0.0609. The van der Waals surface area contributed by atoms with Crippen LogP contribution in [0.4, 0.5) is 35.1 Å². The van der Waals surface area contributed by atoms with Crippen molar-refractivity contribution in [1.82, 2.24) is 0 Å². The summed E-state index contributed by atoms with van der Waals surface area (Å²) in [5.74, 6) is -19.2. The molecule has 0 aliphatic heterocycles. The van der Waals surface area contributed by atoms with Crippen molar-refractivity contribution in [2.24, 2.45) is 0 Å². The van der Waals surface area contributed by atoms with E-state index in [1.807, 2.05) is 0 Å². The van der Waals surface area contributed by atoms with Gasteiger partial charge in [-0.1, -0.05) is 72.8 Å². The van der Waals surface area contributed by atoms with E-state index in [1.54, 1.807) is 0 Å². The van der Waals surface area contributed by atoms with Crippen molar-refractivity contribution in [3.05, 3.63) is 119 Å². The Morgan fingerprint density at radius 2 is 0.500 bits per heavy atom. The first-order valence-corrected chi connectivity index (χ1v) is 11.2. The SMILES string of the molecule is Fc1c(F)c(F)c2c(F)c(F)c(F)c(F)c2c1F.c1cc2cccc3c4cccc5cccc(c(c1)c23)c54. The standard InChI is InChI=1S/C20H12.C10F8/c1-5-13-6-2-11-17-18-12-4-8-14-7-3-10-16(20(14)18)15(9-1)19(13)17;11-3-1-2(5(13)9(17)7(3)15)6(14)10(18)8(16)4(1)12/h1-12H;. The van der Waals surface area contributed by atoms with Crippen LogP contribution in [-0.2, 0) is 0 Å². The lowest BCUT2D eigenvalue weighted by Crippen LogP contribution is -2.06. The highest BCUT2D eigenvalue weighted by Gasteiger charge is 2.30. The summed E-state index contributed by atoms with van der Waals surface area (Å²) in [6.07, 6.45) is 0. The molecular weight excluding hydrogens is 512 g/mol. The van der Waals surface area contributed by atoms with Gasteiger partial charge in [0.25, 0.3) is 0 Å². The van der Waals surface area contributed by atoms with Crippen LogP contribution in [0.3, 0.4) is 0 Å². The summed E-state index contributed by atoms with van der Waals surface area (Å²) in [7, 11) is 0. The van der Waals surface area contributed by atoms with Gasteiger partial charge < -0.3 is 0 Å². The van der Waals surface area contributed by atoms with Gasteiger partial charge in [-0.2, -0.15) is 0 Å². The summed E-state index contributed by atoms with van der Waals surface area (Å²) < 4.78 is 104. The largest absolute Gasteiger partial charge is 0.203 e. The Balaban J connectivity index is 0.000000140. The molecule has 7 aromatic carbocycles. The normalized spacial score (nSPS) is 11.7. The number of fused-ring (bicyclic) bond motifs is 3. The maximum Gasteiger partial charge on any atom is 0.198 e. The van der Waals surface area contributed by atoms with E-state index in [9.17, 15) is 35.1 Å². The average Bonchev–Trinajstić information content (AvgIpc) is 2.94. The first-order valence-electron chi connectivity index (χ1n) is 11.2. The maximum atomic E-state index is 13.1. The Morgan fingerprint density at radius 1 is 0.263 bits per heavy atom. The highest BCUT2D eigenvalue weighted by atomic mass is 19.2. The van der Waals surface area contributed by atoms with Crippen LogP contribution in [0.25, 0.3) is 53.9 Å². The summed E-state index contributed by atoms with van der Waals surface area (Å²) in [5.41, 5.74) is 0. The van der Waals surface area contributed by atoms with E-state index in [1.165, 1.54) is 43.1 Å². The van der Waals surface area contributed by atoms with Gasteiger partial charge in [0.1, 0.15) is 0 Å². The zero-order chi connectivity index (χ0) is 26.9. The summed E-state index contributed by atoms with van der Waals surface area (Å²) in [6, 6.07) is 26.4. The Labute approximate surface area is 208 Å². The van der Waals surface area contributed by atoms with Crippen molar-refractivity contribution < 1.29 is 35.1 Å². The molecule has 0 spiro atoms. The van der Waals surface area contributed by atoms with E-state index >= 15 is 0 Å². The van der Waals surface area contributed by atoms with Crippen molar-refractivity contribution in [3.8, 4) is 0 Å². The lowest BCUT2D eigenvalue weighted by molar-refractivity contribution is 0.395. The number of benzene rings is 7. The molecule has 0 amide bonds. The molecule has 0 N–H and O–H groups in total. The molecule has 0 unspecified atom stereocenters. The first-order chi connectivity index (χ1) is 18.2. The average molecular weight is 524 g/mol. The van der Waals surface area contributed by atoms with Crippen LogP contribution < -0.4 is 0 Å². The summed E-state index contributed by atoms with van der Waals surface area (Å²) in [6.45, 7) is 0. The molecule has 0 saturated heterocycles. The van der Waals surface area contributed by atoms with Crippen LogP contribution in [0, 0.1) is 46.5 Å². The van der Waals surface area contributed by atoms with Gasteiger partial charge in [0.05, 0.1) is 10.8 Å². The molecule has 0 radical (unpaired) electrons. The molecule has 0 saturated carbocycles. The number of hydrogen-bond donors (Lipinski definition) is 0. The van der Waals surface area contributed by atoms with Gasteiger partial charge in [0.15, 0.2) is 46.5 Å². The van der Waals surface area contributed by atoms with Crippen LogP contribution in [0.1, 0.15) is 0 Å². The molecule has 0 heterocycles. The van der Waals surface area contributed by atoms with Gasteiger partial charge in [-0.25, -0.2) is 35.1 Å². The summed E-state index contributed by atoms with van der Waals surface area (Å²) >= 11 is 0. The lowest BCUT2D eigenvalue weighted by Gasteiger charge is -2.13. The number of halogens is 8. The fourth-order valence-corrected chi connectivity index (χ4v) is 5.04. The van der Waals surface area contributed by atoms with E-state index in [0.717, 1.165) is 0 Å². The van der Waals surface area contributed by atoms with Crippen molar-refractivity contribution in [2.75, 3.05) is 0 Å². The molecule has 0 fully saturated rings. The van der Waals surface area contributed by atoms with Crippen LogP contribution in [0.5, 0.6) is 0 Å². The third kappa shape index (κ3) is 3.22. The van der Waals surface area contributed by atoms with Crippen LogP contribution in [-0.4, -0.2) is 0 Å². The third-order valence-corrected chi connectivity index (χ3v) is 6.67. The zero-order valence-corrected chi connectivity index (χ0v) is 19.0. The second kappa shape index (κ2) is 8.55. The Bertz CT molecular complexity index is 1780. The monoisotopic (exact) mass is 524 g/mol. The minimum Gasteiger partial charge on any atom is -0.203 e. The van der Waals surface area contributed by atoms with Crippen LogP contribution in [0.15, 0.2) is 72.8 Å². The van der Waals surface area contributed by atoms with E-state index in [4.69, 9.17) is 0 Å². The Kier molecular flexibility index (Phi) is 5.38. The van der Waals surface area contributed by atoms with Gasteiger partial charge in [0, 0.05) is 0 Å². The topological polar surface area (TPSA) is 0 Å². The highest BCUT2D eigenvalue weighted by Crippen LogP contribution is 2.39. The number of hydrogen-bond acceptors (Lipinski definition) is 0. The third-order valence-electron chi connectivity index (χ3n) is 6.67. The molecule has 0 bridgehead atoms. The van der Waals surface area contributed by atoms with Crippen molar-refractivity contribution in [2.45, 2.75) is 0 Å². The molecule has 8 heteroatoms. The molecule has 7 aromatic rings. The second-order valence-electron chi connectivity index (χ2n) is 8.68. The Hall–Kier alpha value is -4.46. The summed E-state index contributed by atoms with van der Waals surface area (Å²) in [4.78, 5) is 0.